The van der Waals surface area contributed by atoms with Crippen LogP contribution in [0.25, 0.3) is 0 Å². The summed E-state index contributed by atoms with van der Waals surface area (Å²) in [6.07, 6.45) is 0. The van der Waals surface area contributed by atoms with Gasteiger partial charge in [0.15, 0.2) is 5.76 Å². The molecule has 1 heterocycles. The molecule has 16 heavy (non-hydrogen) atoms. The minimum absolute atomic E-state index is 0.0380. The summed E-state index contributed by atoms with van der Waals surface area (Å²) in [6, 6.07) is 2.63. The van der Waals surface area contributed by atoms with Gasteiger partial charge < -0.3 is 19.7 Å². The third-order valence-electron chi connectivity index (χ3n) is 2.07. The Morgan fingerprint density at radius 1 is 1.44 bits per heavy atom. The summed E-state index contributed by atoms with van der Waals surface area (Å²) in [6.45, 7) is 1.19. The van der Waals surface area contributed by atoms with Crippen molar-refractivity contribution >= 4 is 11.9 Å². The molecule has 0 radical (unpaired) electrons. The number of likely N-dealkylation sites (N-methyl/N-ethyl adjacent to an activating group) is 2. The molecular formula is C10H14N2O4. The molecular weight excluding hydrogens is 212 g/mol. The first-order valence-corrected chi connectivity index (χ1v) is 4.79. The van der Waals surface area contributed by atoms with Gasteiger partial charge in [-0.15, -0.1) is 0 Å². The van der Waals surface area contributed by atoms with Gasteiger partial charge in [-0.2, -0.15) is 0 Å². The molecule has 0 aliphatic heterocycles. The Balaban J connectivity index is 2.68. The first-order valence-electron chi connectivity index (χ1n) is 4.79. The molecule has 2 N–H and O–H groups in total. The molecule has 0 saturated carbocycles. The van der Waals surface area contributed by atoms with E-state index in [1.807, 2.05) is 0 Å². The van der Waals surface area contributed by atoms with Crippen molar-refractivity contribution in [3.05, 3.63) is 23.7 Å². The van der Waals surface area contributed by atoms with Gasteiger partial charge in [0.1, 0.15) is 0 Å². The van der Waals surface area contributed by atoms with Crippen molar-refractivity contribution < 1.29 is 19.1 Å². The Labute approximate surface area is 92.8 Å². The van der Waals surface area contributed by atoms with Crippen molar-refractivity contribution in [2.75, 3.05) is 27.2 Å². The van der Waals surface area contributed by atoms with E-state index in [9.17, 15) is 9.59 Å². The number of carbonyl (C=O) groups excluding carboxylic acids is 1. The van der Waals surface area contributed by atoms with Gasteiger partial charge in [0.05, 0.1) is 0 Å². The highest BCUT2D eigenvalue weighted by Gasteiger charge is 2.17. The number of carbonyl (C=O) groups is 2. The van der Waals surface area contributed by atoms with Crippen LogP contribution in [0.1, 0.15) is 21.1 Å². The van der Waals surface area contributed by atoms with Gasteiger partial charge in [-0.3, -0.25) is 4.79 Å². The van der Waals surface area contributed by atoms with Crippen molar-refractivity contribution in [2.24, 2.45) is 0 Å². The molecule has 0 unspecified atom stereocenters. The summed E-state index contributed by atoms with van der Waals surface area (Å²) in [5, 5.41) is 11.5. The molecule has 0 aliphatic rings. The standard InChI is InChI=1S/C10H14N2O4/c1-11-5-6-12(2)9(13)7-3-4-8(16-7)10(14)15/h3-4,11H,5-6H2,1-2H3,(H,14,15). The van der Waals surface area contributed by atoms with Gasteiger partial charge >= 0.3 is 5.97 Å². The van der Waals surface area contributed by atoms with Crippen molar-refractivity contribution in [2.45, 2.75) is 0 Å². The molecule has 0 atom stereocenters. The molecule has 0 bridgehead atoms. The maximum atomic E-state index is 11.7. The molecule has 6 nitrogen and oxygen atoms in total. The molecule has 88 valence electrons. The predicted octanol–water partition coefficient (Wildman–Crippen LogP) is 0.269. The summed E-state index contributed by atoms with van der Waals surface area (Å²) < 4.78 is 4.90. The molecule has 0 spiro atoms. The van der Waals surface area contributed by atoms with E-state index < -0.39 is 5.97 Å². The second-order valence-electron chi connectivity index (χ2n) is 3.30. The zero-order valence-electron chi connectivity index (χ0n) is 9.19. The minimum atomic E-state index is -1.18. The fourth-order valence-electron chi connectivity index (χ4n) is 1.14. The number of aromatic carboxylic acids is 1. The van der Waals surface area contributed by atoms with Gasteiger partial charge in [0, 0.05) is 20.1 Å². The lowest BCUT2D eigenvalue weighted by atomic mass is 10.4. The summed E-state index contributed by atoms with van der Waals surface area (Å²) >= 11 is 0. The smallest absolute Gasteiger partial charge is 0.371 e. The predicted molar refractivity (Wildman–Crippen MR) is 56.6 cm³/mol. The number of amides is 1. The van der Waals surface area contributed by atoms with E-state index in [0.717, 1.165) is 0 Å². The largest absolute Gasteiger partial charge is 0.475 e. The zero-order chi connectivity index (χ0) is 12.1. The number of furan rings is 1. The number of carboxylic acid groups (broad SMARTS) is 1. The van der Waals surface area contributed by atoms with E-state index >= 15 is 0 Å². The average Bonchev–Trinajstić information content (AvgIpc) is 2.74. The fourth-order valence-corrected chi connectivity index (χ4v) is 1.14. The van der Waals surface area contributed by atoms with E-state index in [4.69, 9.17) is 9.52 Å². The first-order chi connectivity index (χ1) is 7.56. The number of hydrogen-bond donors (Lipinski definition) is 2. The Bertz CT molecular complexity index is 386. The lowest BCUT2D eigenvalue weighted by Gasteiger charge is -2.14. The highest BCUT2D eigenvalue weighted by Crippen LogP contribution is 2.09. The maximum absolute atomic E-state index is 11.7. The normalized spacial score (nSPS) is 10.1. The number of rotatable bonds is 5. The molecule has 0 aromatic carbocycles. The van der Waals surface area contributed by atoms with Crippen molar-refractivity contribution in [3.8, 4) is 0 Å². The van der Waals surface area contributed by atoms with Crippen LogP contribution >= 0.6 is 0 Å². The highest BCUT2D eigenvalue weighted by molar-refractivity contribution is 5.93. The highest BCUT2D eigenvalue weighted by atomic mass is 16.4. The van der Waals surface area contributed by atoms with Crippen LogP contribution in [0, 0.1) is 0 Å². The molecule has 1 amide bonds. The van der Waals surface area contributed by atoms with Crippen LogP contribution in [0.2, 0.25) is 0 Å². The quantitative estimate of drug-likeness (QED) is 0.753. The second kappa shape index (κ2) is 5.32. The van der Waals surface area contributed by atoms with Gasteiger partial charge in [-0.1, -0.05) is 0 Å². The van der Waals surface area contributed by atoms with Crippen LogP contribution in [0.4, 0.5) is 0 Å². The van der Waals surface area contributed by atoms with Crippen LogP contribution in [-0.2, 0) is 0 Å². The Morgan fingerprint density at radius 3 is 2.56 bits per heavy atom. The maximum Gasteiger partial charge on any atom is 0.371 e. The van der Waals surface area contributed by atoms with Crippen molar-refractivity contribution in [3.63, 3.8) is 0 Å². The van der Waals surface area contributed by atoms with Crippen LogP contribution in [0.3, 0.4) is 0 Å². The number of carboxylic acids is 1. The Kier molecular flexibility index (Phi) is 4.07. The van der Waals surface area contributed by atoms with Gasteiger partial charge in [-0.05, 0) is 19.2 Å². The SMILES string of the molecule is CNCCN(C)C(=O)c1ccc(C(=O)O)o1. The summed E-state index contributed by atoms with van der Waals surface area (Å²) in [7, 11) is 3.41. The first kappa shape index (κ1) is 12.3. The van der Waals surface area contributed by atoms with Gasteiger partial charge in [0.25, 0.3) is 5.91 Å². The van der Waals surface area contributed by atoms with E-state index in [1.165, 1.54) is 17.0 Å². The monoisotopic (exact) mass is 226 g/mol. The van der Waals surface area contributed by atoms with Crippen LogP contribution in [0.15, 0.2) is 16.5 Å². The summed E-state index contributed by atoms with van der Waals surface area (Å²) in [4.78, 5) is 23.7. The van der Waals surface area contributed by atoms with Gasteiger partial charge in [-0.25, -0.2) is 4.79 Å². The van der Waals surface area contributed by atoms with E-state index in [2.05, 4.69) is 5.32 Å². The molecule has 1 rings (SSSR count). The number of hydrogen-bond acceptors (Lipinski definition) is 4. The summed E-state index contributed by atoms with van der Waals surface area (Å²) in [5.74, 6) is -1.71. The Morgan fingerprint density at radius 2 is 2.06 bits per heavy atom. The zero-order valence-corrected chi connectivity index (χ0v) is 9.19. The van der Waals surface area contributed by atoms with E-state index in [1.54, 1.807) is 14.1 Å². The molecule has 6 heteroatoms. The molecule has 0 saturated heterocycles. The third kappa shape index (κ3) is 2.83. The fraction of sp³-hybridized carbons (Fsp3) is 0.400. The number of nitrogens with zero attached hydrogens (tertiary/aromatic N) is 1. The lowest BCUT2D eigenvalue weighted by molar-refractivity contribution is 0.0654. The molecule has 0 fully saturated rings. The van der Waals surface area contributed by atoms with Crippen molar-refractivity contribution in [1.82, 2.24) is 10.2 Å². The average molecular weight is 226 g/mol. The van der Waals surface area contributed by atoms with Crippen LogP contribution in [-0.4, -0.2) is 49.1 Å². The lowest BCUT2D eigenvalue weighted by Crippen LogP contribution is -2.32. The minimum Gasteiger partial charge on any atom is -0.475 e. The van der Waals surface area contributed by atoms with Gasteiger partial charge in [0.2, 0.25) is 5.76 Å². The van der Waals surface area contributed by atoms with Crippen LogP contribution in [0.5, 0.6) is 0 Å². The van der Waals surface area contributed by atoms with Crippen LogP contribution < -0.4 is 5.32 Å². The third-order valence-corrected chi connectivity index (χ3v) is 2.07. The van der Waals surface area contributed by atoms with E-state index in [0.29, 0.717) is 13.1 Å². The van der Waals surface area contributed by atoms with Crippen molar-refractivity contribution in [1.29, 1.82) is 0 Å². The molecule has 0 aliphatic carbocycles. The molecule has 1 aromatic heterocycles. The number of nitrogens with one attached hydrogen (secondary N) is 1. The Hall–Kier alpha value is -1.82. The van der Waals surface area contributed by atoms with E-state index in [-0.39, 0.29) is 17.4 Å². The molecule has 1 aromatic rings. The second-order valence-corrected chi connectivity index (χ2v) is 3.30. The summed E-state index contributed by atoms with van der Waals surface area (Å²) in [5.41, 5.74) is 0. The topological polar surface area (TPSA) is 82.8 Å².